The number of fused-ring (bicyclic) bond motifs is 5. The van der Waals surface area contributed by atoms with Crippen molar-refractivity contribution in [2.24, 2.45) is 5.92 Å². The minimum Gasteiger partial charge on any atom is -0.466 e. The van der Waals surface area contributed by atoms with Gasteiger partial charge in [-0.1, -0.05) is 24.3 Å². The number of esters is 2. The lowest BCUT2D eigenvalue weighted by Gasteiger charge is -2.39. The lowest BCUT2D eigenvalue weighted by atomic mass is 9.71. The standard InChI is InChI=1S/C24H28N2O6/c1-5-12-25-18-13-15(4)8-10-17(18)24(23(25)29)21(22(28)31-7-3)19-14-16(26(24)32-19)9-11-20(27)30-6-2/h5,8-13,16,19,21H,6-7,14H2,1-4H3/b11-9+,12-5+/t16-,19+,21-,24+/m1/s1. The largest absolute Gasteiger partial charge is 0.466 e. The number of anilines is 1. The average molecular weight is 440 g/mol. The van der Waals surface area contributed by atoms with E-state index in [1.165, 1.54) is 6.08 Å². The summed E-state index contributed by atoms with van der Waals surface area (Å²) in [5.41, 5.74) is 1.03. The number of hydroxylamine groups is 2. The number of hydrogen-bond acceptors (Lipinski definition) is 7. The Morgan fingerprint density at radius 2 is 2.00 bits per heavy atom. The van der Waals surface area contributed by atoms with Crippen molar-refractivity contribution in [2.45, 2.75) is 51.8 Å². The van der Waals surface area contributed by atoms with Crippen LogP contribution >= 0.6 is 0 Å². The van der Waals surface area contributed by atoms with Gasteiger partial charge in [0.25, 0.3) is 5.91 Å². The topological polar surface area (TPSA) is 85.4 Å². The van der Waals surface area contributed by atoms with Crippen LogP contribution in [0.3, 0.4) is 0 Å². The summed E-state index contributed by atoms with van der Waals surface area (Å²) in [4.78, 5) is 46.7. The van der Waals surface area contributed by atoms with Gasteiger partial charge in [0.05, 0.1) is 31.0 Å². The van der Waals surface area contributed by atoms with E-state index in [1.54, 1.807) is 42.2 Å². The third kappa shape index (κ3) is 3.17. The normalized spacial score (nSPS) is 30.6. The molecule has 2 saturated heterocycles. The molecule has 1 spiro atoms. The summed E-state index contributed by atoms with van der Waals surface area (Å²) >= 11 is 0. The van der Waals surface area contributed by atoms with E-state index in [-0.39, 0.29) is 25.2 Å². The van der Waals surface area contributed by atoms with Crippen molar-refractivity contribution < 1.29 is 28.7 Å². The van der Waals surface area contributed by atoms with E-state index in [2.05, 4.69) is 0 Å². The van der Waals surface area contributed by atoms with Gasteiger partial charge in [-0.15, -0.1) is 0 Å². The summed E-state index contributed by atoms with van der Waals surface area (Å²) in [6.07, 6.45) is 6.43. The lowest BCUT2D eigenvalue weighted by molar-refractivity contribution is -0.175. The molecule has 170 valence electrons. The zero-order chi connectivity index (χ0) is 23.0. The summed E-state index contributed by atoms with van der Waals surface area (Å²) in [5.74, 6) is -2.02. The molecule has 8 nitrogen and oxygen atoms in total. The molecular weight excluding hydrogens is 412 g/mol. The number of piperidine rings is 1. The number of amides is 1. The van der Waals surface area contributed by atoms with E-state index in [4.69, 9.17) is 14.3 Å². The second-order valence-corrected chi connectivity index (χ2v) is 8.06. The van der Waals surface area contributed by atoms with Crippen LogP contribution in [0, 0.1) is 12.8 Å². The second kappa shape index (κ2) is 8.52. The molecule has 1 aromatic carbocycles. The van der Waals surface area contributed by atoms with Crippen LogP contribution in [0.5, 0.6) is 0 Å². The Labute approximate surface area is 187 Å². The Morgan fingerprint density at radius 1 is 1.25 bits per heavy atom. The van der Waals surface area contributed by atoms with Gasteiger partial charge in [-0.25, -0.2) is 4.79 Å². The van der Waals surface area contributed by atoms with Crippen LogP contribution < -0.4 is 4.90 Å². The molecule has 5 atom stereocenters. The predicted molar refractivity (Wildman–Crippen MR) is 116 cm³/mol. The van der Waals surface area contributed by atoms with Crippen LogP contribution in [0.25, 0.3) is 0 Å². The van der Waals surface area contributed by atoms with Crippen LogP contribution in [0.15, 0.2) is 42.6 Å². The second-order valence-electron chi connectivity index (χ2n) is 8.06. The average Bonchev–Trinajstić information content (AvgIpc) is 3.38. The molecule has 0 saturated carbocycles. The van der Waals surface area contributed by atoms with E-state index >= 15 is 0 Å². The van der Waals surface area contributed by atoms with Gasteiger partial charge in [-0.3, -0.25) is 19.3 Å². The first-order valence-corrected chi connectivity index (χ1v) is 10.9. The van der Waals surface area contributed by atoms with Gasteiger partial charge in [0.2, 0.25) is 0 Å². The number of aryl methyl sites for hydroxylation is 1. The molecule has 32 heavy (non-hydrogen) atoms. The Hall–Kier alpha value is -2.97. The molecule has 3 aliphatic heterocycles. The highest BCUT2D eigenvalue weighted by Crippen LogP contribution is 2.59. The molecule has 2 bridgehead atoms. The van der Waals surface area contributed by atoms with Gasteiger partial charge in [-0.2, -0.15) is 5.06 Å². The van der Waals surface area contributed by atoms with Gasteiger partial charge in [0, 0.05) is 17.8 Å². The van der Waals surface area contributed by atoms with Crippen LogP contribution in [0.1, 0.15) is 38.3 Å². The first kappa shape index (κ1) is 22.2. The van der Waals surface area contributed by atoms with Crippen molar-refractivity contribution >= 4 is 23.5 Å². The van der Waals surface area contributed by atoms with Crippen molar-refractivity contribution in [1.82, 2.24) is 5.06 Å². The van der Waals surface area contributed by atoms with Crippen molar-refractivity contribution in [3.8, 4) is 0 Å². The highest BCUT2D eigenvalue weighted by molar-refractivity contribution is 6.11. The van der Waals surface area contributed by atoms with Crippen molar-refractivity contribution in [1.29, 1.82) is 0 Å². The Bertz CT molecular complexity index is 1000. The fourth-order valence-electron chi connectivity index (χ4n) is 5.02. The Balaban J connectivity index is 1.85. The highest BCUT2D eigenvalue weighted by Gasteiger charge is 2.73. The number of carbonyl (C=O) groups excluding carboxylic acids is 3. The molecule has 1 aromatic rings. The zero-order valence-electron chi connectivity index (χ0n) is 18.7. The minimum absolute atomic E-state index is 0.206. The summed E-state index contributed by atoms with van der Waals surface area (Å²) < 4.78 is 10.4. The summed E-state index contributed by atoms with van der Waals surface area (Å²) in [5, 5.41) is 1.59. The maximum atomic E-state index is 14.0. The number of rotatable bonds is 6. The Morgan fingerprint density at radius 3 is 2.69 bits per heavy atom. The highest BCUT2D eigenvalue weighted by atomic mass is 16.7. The zero-order valence-corrected chi connectivity index (χ0v) is 18.7. The van der Waals surface area contributed by atoms with Gasteiger partial charge < -0.3 is 9.47 Å². The lowest BCUT2D eigenvalue weighted by Crippen LogP contribution is -2.59. The predicted octanol–water partition coefficient (Wildman–Crippen LogP) is 2.76. The molecule has 3 heterocycles. The fourth-order valence-corrected chi connectivity index (χ4v) is 5.02. The van der Waals surface area contributed by atoms with Crippen LogP contribution in [-0.4, -0.2) is 48.3 Å². The molecule has 1 amide bonds. The van der Waals surface area contributed by atoms with E-state index in [0.717, 1.165) is 5.56 Å². The number of ether oxygens (including phenoxy) is 2. The number of allylic oxidation sites excluding steroid dienone is 1. The molecule has 8 heteroatoms. The third-order valence-electron chi connectivity index (χ3n) is 6.14. The first-order valence-electron chi connectivity index (χ1n) is 10.9. The van der Waals surface area contributed by atoms with Crippen molar-refractivity contribution in [3.63, 3.8) is 0 Å². The maximum Gasteiger partial charge on any atom is 0.330 e. The molecule has 2 fully saturated rings. The van der Waals surface area contributed by atoms with Gasteiger partial charge in [-0.05, 0) is 45.7 Å². The maximum absolute atomic E-state index is 14.0. The van der Waals surface area contributed by atoms with Gasteiger partial charge in [0.15, 0.2) is 5.54 Å². The summed E-state index contributed by atoms with van der Waals surface area (Å²) in [6.45, 7) is 7.74. The van der Waals surface area contributed by atoms with Gasteiger partial charge >= 0.3 is 11.9 Å². The smallest absolute Gasteiger partial charge is 0.330 e. The molecule has 0 N–H and O–H groups in total. The minimum atomic E-state index is -1.37. The molecule has 3 aliphatic rings. The van der Waals surface area contributed by atoms with E-state index < -0.39 is 29.5 Å². The van der Waals surface area contributed by atoms with Crippen LogP contribution in [0.2, 0.25) is 0 Å². The molecular formula is C24H28N2O6. The van der Waals surface area contributed by atoms with E-state index in [9.17, 15) is 14.4 Å². The molecule has 0 aliphatic carbocycles. The molecule has 4 rings (SSSR count). The molecule has 1 unspecified atom stereocenters. The first-order chi connectivity index (χ1) is 15.4. The number of hydrogen-bond donors (Lipinski definition) is 0. The number of carbonyl (C=O) groups is 3. The fraction of sp³-hybridized carbons (Fsp3) is 0.458. The van der Waals surface area contributed by atoms with Crippen molar-refractivity contribution in [3.05, 3.63) is 53.8 Å². The summed E-state index contributed by atoms with van der Waals surface area (Å²) in [6, 6.07) is 5.36. The number of nitrogens with zero attached hydrogens (tertiary/aromatic N) is 2. The SMILES string of the molecule is C/C=C/N1C(=O)[C@]2(c3ccc(C)cc31)[C@@H](C(=O)OCC)[C@@H]1C[C@@H](/C=C/C(=O)OCC)N2O1. The monoisotopic (exact) mass is 440 g/mol. The van der Waals surface area contributed by atoms with E-state index in [1.807, 2.05) is 32.0 Å². The van der Waals surface area contributed by atoms with E-state index in [0.29, 0.717) is 17.7 Å². The Kier molecular flexibility index (Phi) is 5.92. The molecule has 0 radical (unpaired) electrons. The summed E-state index contributed by atoms with van der Waals surface area (Å²) in [7, 11) is 0. The van der Waals surface area contributed by atoms with Crippen LogP contribution in [-0.2, 0) is 34.2 Å². The van der Waals surface area contributed by atoms with Gasteiger partial charge in [0.1, 0.15) is 5.92 Å². The van der Waals surface area contributed by atoms with Crippen LogP contribution in [0.4, 0.5) is 5.69 Å². The third-order valence-corrected chi connectivity index (χ3v) is 6.14. The van der Waals surface area contributed by atoms with Crippen molar-refractivity contribution in [2.75, 3.05) is 18.1 Å². The molecule has 0 aromatic heterocycles. The quantitative estimate of drug-likeness (QED) is 0.497. The number of benzene rings is 1.